The summed E-state index contributed by atoms with van der Waals surface area (Å²) in [6.45, 7) is 1.82. The van der Waals surface area contributed by atoms with E-state index >= 15 is 0 Å². The fraction of sp³-hybridized carbons (Fsp3) is 0.0714. The number of benzene rings is 1. The normalized spacial score (nSPS) is 10.7. The van der Waals surface area contributed by atoms with Crippen LogP contribution >= 0.6 is 27.3 Å². The molecule has 0 bridgehead atoms. The van der Waals surface area contributed by atoms with Gasteiger partial charge in [0, 0.05) is 24.0 Å². The van der Waals surface area contributed by atoms with Crippen LogP contribution in [-0.2, 0) is 0 Å². The zero-order chi connectivity index (χ0) is 16.6. The number of rotatable bonds is 3. The van der Waals surface area contributed by atoms with Crippen LogP contribution in [0.15, 0.2) is 35.1 Å². The van der Waals surface area contributed by atoms with Gasteiger partial charge in [-0.15, -0.1) is 11.3 Å². The Kier molecular flexibility index (Phi) is 4.05. The maximum absolute atomic E-state index is 12.3. The second-order valence-corrected chi connectivity index (χ2v) is 6.61. The molecule has 1 aromatic carbocycles. The highest BCUT2D eigenvalue weighted by atomic mass is 79.9. The van der Waals surface area contributed by atoms with E-state index in [1.807, 2.05) is 6.92 Å². The summed E-state index contributed by atoms with van der Waals surface area (Å²) in [7, 11) is 0. The average Bonchev–Trinajstić information content (AvgIpc) is 2.91. The van der Waals surface area contributed by atoms with Gasteiger partial charge in [0.25, 0.3) is 11.6 Å². The molecule has 0 unspecified atom stereocenters. The smallest absolute Gasteiger partial charge is 0.296 e. The molecule has 2 aromatic heterocycles. The van der Waals surface area contributed by atoms with Gasteiger partial charge in [-0.2, -0.15) is 0 Å². The lowest BCUT2D eigenvalue weighted by Crippen LogP contribution is -2.13. The quantitative estimate of drug-likeness (QED) is 0.537. The molecule has 1 N–H and O–H groups in total. The van der Waals surface area contributed by atoms with Crippen molar-refractivity contribution in [2.45, 2.75) is 6.92 Å². The van der Waals surface area contributed by atoms with E-state index in [0.717, 1.165) is 9.71 Å². The average molecular weight is 393 g/mol. The zero-order valence-corrected chi connectivity index (χ0v) is 14.1. The molecule has 0 aliphatic carbocycles. The van der Waals surface area contributed by atoms with Crippen LogP contribution in [0.1, 0.15) is 15.4 Å². The molecule has 23 heavy (non-hydrogen) atoms. The summed E-state index contributed by atoms with van der Waals surface area (Å²) in [5, 5.41) is 14.7. The molecule has 0 radical (unpaired) electrons. The summed E-state index contributed by atoms with van der Waals surface area (Å²) >= 11 is 4.75. The van der Waals surface area contributed by atoms with Gasteiger partial charge in [-0.05, 0) is 35.0 Å². The van der Waals surface area contributed by atoms with E-state index in [9.17, 15) is 14.9 Å². The zero-order valence-electron chi connectivity index (χ0n) is 11.7. The SMILES string of the molecule is Cc1nc2cc([N+](=O)[O-])c(NC(=O)c3ccncc3)c(Br)c2s1. The van der Waals surface area contributed by atoms with Crippen LogP contribution in [-0.4, -0.2) is 20.8 Å². The van der Waals surface area contributed by atoms with Crippen molar-refractivity contribution in [2.24, 2.45) is 0 Å². The van der Waals surface area contributed by atoms with E-state index in [2.05, 4.69) is 31.2 Å². The predicted molar refractivity (Wildman–Crippen MR) is 90.9 cm³/mol. The first-order valence-electron chi connectivity index (χ1n) is 6.43. The van der Waals surface area contributed by atoms with Gasteiger partial charge < -0.3 is 5.32 Å². The first-order valence-corrected chi connectivity index (χ1v) is 8.03. The topological polar surface area (TPSA) is 98.0 Å². The Labute approximate surface area is 142 Å². The van der Waals surface area contributed by atoms with Gasteiger partial charge >= 0.3 is 0 Å². The third-order valence-corrected chi connectivity index (χ3v) is 5.15. The van der Waals surface area contributed by atoms with Crippen LogP contribution < -0.4 is 5.32 Å². The monoisotopic (exact) mass is 392 g/mol. The molecule has 0 aliphatic heterocycles. The molecule has 116 valence electrons. The van der Waals surface area contributed by atoms with Crippen molar-refractivity contribution < 1.29 is 9.72 Å². The number of pyridine rings is 1. The Bertz CT molecular complexity index is 927. The number of carbonyl (C=O) groups excluding carboxylic acids is 1. The van der Waals surface area contributed by atoms with Gasteiger partial charge in [-0.25, -0.2) is 4.98 Å². The summed E-state index contributed by atoms with van der Waals surface area (Å²) in [6, 6.07) is 4.43. The van der Waals surface area contributed by atoms with Gasteiger partial charge in [-0.3, -0.25) is 19.9 Å². The fourth-order valence-electron chi connectivity index (χ4n) is 2.08. The molecule has 2 heterocycles. The highest BCUT2D eigenvalue weighted by Gasteiger charge is 2.24. The molecule has 3 aromatic rings. The molecule has 3 rings (SSSR count). The van der Waals surface area contributed by atoms with Gasteiger partial charge in [0.1, 0.15) is 5.69 Å². The maximum Gasteiger partial charge on any atom is 0.296 e. The first kappa shape index (κ1) is 15.5. The molecule has 0 atom stereocenters. The number of fused-ring (bicyclic) bond motifs is 1. The van der Waals surface area contributed by atoms with E-state index < -0.39 is 10.8 Å². The number of hydrogen-bond acceptors (Lipinski definition) is 6. The number of anilines is 1. The summed E-state index contributed by atoms with van der Waals surface area (Å²) in [4.78, 5) is 31.2. The number of thiazole rings is 1. The van der Waals surface area contributed by atoms with Crippen molar-refractivity contribution in [3.05, 3.63) is 55.8 Å². The third-order valence-electron chi connectivity index (χ3n) is 3.09. The van der Waals surface area contributed by atoms with Crippen molar-refractivity contribution in [1.29, 1.82) is 0 Å². The van der Waals surface area contributed by atoms with Crippen LogP contribution in [0.5, 0.6) is 0 Å². The fourth-order valence-corrected chi connectivity index (χ4v) is 3.67. The first-order chi connectivity index (χ1) is 11.0. The van der Waals surface area contributed by atoms with E-state index in [0.29, 0.717) is 15.6 Å². The van der Waals surface area contributed by atoms with E-state index in [-0.39, 0.29) is 11.4 Å². The summed E-state index contributed by atoms with van der Waals surface area (Å²) in [5.74, 6) is -0.447. The Morgan fingerprint density at radius 1 is 1.39 bits per heavy atom. The number of nitrogens with one attached hydrogen (secondary N) is 1. The number of nitro benzene ring substituents is 1. The standard InChI is InChI=1S/C14H9BrN4O3S/c1-7-17-9-6-10(19(21)22)12(11(15)13(9)23-7)18-14(20)8-2-4-16-5-3-8/h2-6H,1H3,(H,18,20). The lowest BCUT2D eigenvalue weighted by atomic mass is 10.2. The summed E-state index contributed by atoms with van der Waals surface area (Å²) in [5.41, 5.74) is 0.791. The molecule has 0 saturated heterocycles. The second kappa shape index (κ2) is 6.01. The van der Waals surface area contributed by atoms with Gasteiger partial charge in [0.2, 0.25) is 0 Å². The van der Waals surface area contributed by atoms with E-state index in [4.69, 9.17) is 0 Å². The number of aryl methyl sites for hydroxylation is 1. The number of amides is 1. The Morgan fingerprint density at radius 3 is 2.74 bits per heavy atom. The molecule has 1 amide bonds. The van der Waals surface area contributed by atoms with Crippen LogP contribution in [0.4, 0.5) is 11.4 Å². The molecule has 7 nitrogen and oxygen atoms in total. The molecule has 0 aliphatic rings. The van der Waals surface area contributed by atoms with Gasteiger partial charge in [-0.1, -0.05) is 0 Å². The summed E-state index contributed by atoms with van der Waals surface area (Å²) < 4.78 is 1.20. The van der Waals surface area contributed by atoms with Crippen molar-refractivity contribution in [1.82, 2.24) is 9.97 Å². The molecule has 9 heteroatoms. The Morgan fingerprint density at radius 2 is 2.09 bits per heavy atom. The molecular weight excluding hydrogens is 384 g/mol. The number of hydrogen-bond donors (Lipinski definition) is 1. The lowest BCUT2D eigenvalue weighted by molar-refractivity contribution is -0.383. The van der Waals surface area contributed by atoms with Crippen LogP contribution in [0.25, 0.3) is 10.2 Å². The van der Waals surface area contributed by atoms with Gasteiger partial charge in [0.05, 0.1) is 24.6 Å². The number of halogens is 1. The number of aromatic nitrogens is 2. The lowest BCUT2D eigenvalue weighted by Gasteiger charge is -2.08. The Balaban J connectivity index is 2.11. The highest BCUT2D eigenvalue weighted by Crippen LogP contribution is 2.41. The summed E-state index contributed by atoms with van der Waals surface area (Å²) in [6.07, 6.45) is 2.96. The number of carbonyl (C=O) groups is 1. The van der Waals surface area contributed by atoms with Crippen molar-refractivity contribution >= 4 is 54.8 Å². The van der Waals surface area contributed by atoms with Crippen LogP contribution in [0, 0.1) is 17.0 Å². The minimum Gasteiger partial charge on any atom is -0.315 e. The largest absolute Gasteiger partial charge is 0.315 e. The maximum atomic E-state index is 12.3. The minimum absolute atomic E-state index is 0.118. The van der Waals surface area contributed by atoms with Crippen LogP contribution in [0.2, 0.25) is 0 Å². The second-order valence-electron chi connectivity index (χ2n) is 4.61. The van der Waals surface area contributed by atoms with E-state index in [1.165, 1.54) is 41.9 Å². The van der Waals surface area contributed by atoms with Crippen molar-refractivity contribution in [3.8, 4) is 0 Å². The Hall–Kier alpha value is -2.39. The highest BCUT2D eigenvalue weighted by molar-refractivity contribution is 9.10. The molecule has 0 spiro atoms. The molecule has 0 saturated carbocycles. The van der Waals surface area contributed by atoms with Crippen LogP contribution in [0.3, 0.4) is 0 Å². The third kappa shape index (κ3) is 2.92. The van der Waals surface area contributed by atoms with Crippen molar-refractivity contribution in [3.63, 3.8) is 0 Å². The predicted octanol–water partition coefficient (Wildman–Crippen LogP) is 3.92. The molecular formula is C14H9BrN4O3S. The molecule has 0 fully saturated rings. The minimum atomic E-state index is -0.541. The van der Waals surface area contributed by atoms with Gasteiger partial charge in [0.15, 0.2) is 0 Å². The number of nitrogens with zero attached hydrogens (tertiary/aromatic N) is 3. The van der Waals surface area contributed by atoms with Crippen molar-refractivity contribution in [2.75, 3.05) is 5.32 Å². The van der Waals surface area contributed by atoms with E-state index in [1.54, 1.807) is 0 Å². The number of nitro groups is 1.